The first-order chi connectivity index (χ1) is 12.2. The van der Waals surface area contributed by atoms with Gasteiger partial charge in [-0.05, 0) is 36.2 Å². The second kappa shape index (κ2) is 8.03. The average Bonchev–Trinajstić information content (AvgIpc) is 2.99. The number of aliphatic hydroxyl groups excluding tert-OH is 1. The molecule has 0 aromatic heterocycles. The maximum Gasteiger partial charge on any atom is 0.415 e. The lowest BCUT2D eigenvalue weighted by Crippen LogP contribution is -2.30. The summed E-state index contributed by atoms with van der Waals surface area (Å²) in [6.45, 7) is 2.58. The molecule has 2 unspecified atom stereocenters. The van der Waals surface area contributed by atoms with Gasteiger partial charge in [-0.25, -0.2) is 4.79 Å². The molecular formula is C20H23NO4. The molecule has 1 heterocycles. The third kappa shape index (κ3) is 3.77. The normalized spacial score (nSPS) is 19.8. The Bertz CT molecular complexity index is 687. The monoisotopic (exact) mass is 341 g/mol. The SMILES string of the molecule is CCCCOc1ccc(C2C(CO)OC(=O)N2c2ccccc2)cc1. The maximum absolute atomic E-state index is 12.3. The van der Waals surface area contributed by atoms with E-state index < -0.39 is 12.2 Å². The molecule has 5 heteroatoms. The minimum atomic E-state index is -0.598. The molecule has 0 saturated carbocycles. The zero-order valence-corrected chi connectivity index (χ0v) is 14.3. The van der Waals surface area contributed by atoms with Crippen molar-refractivity contribution in [1.29, 1.82) is 0 Å². The van der Waals surface area contributed by atoms with Gasteiger partial charge in [0.25, 0.3) is 0 Å². The molecule has 2 atom stereocenters. The number of para-hydroxylation sites is 1. The van der Waals surface area contributed by atoms with E-state index in [4.69, 9.17) is 9.47 Å². The van der Waals surface area contributed by atoms with Crippen LogP contribution in [0.5, 0.6) is 5.75 Å². The van der Waals surface area contributed by atoms with Crippen molar-refractivity contribution in [3.8, 4) is 5.75 Å². The number of aliphatic hydroxyl groups is 1. The zero-order valence-electron chi connectivity index (χ0n) is 14.3. The van der Waals surface area contributed by atoms with Crippen LogP contribution in [0.3, 0.4) is 0 Å². The summed E-state index contributed by atoms with van der Waals surface area (Å²) in [4.78, 5) is 13.9. The van der Waals surface area contributed by atoms with Gasteiger partial charge in [-0.1, -0.05) is 43.7 Å². The van der Waals surface area contributed by atoms with Crippen molar-refractivity contribution in [3.05, 3.63) is 60.2 Å². The first-order valence-corrected chi connectivity index (χ1v) is 8.63. The molecule has 1 aliphatic rings. The summed E-state index contributed by atoms with van der Waals surface area (Å²) in [7, 11) is 0. The van der Waals surface area contributed by atoms with Crippen LogP contribution in [0, 0.1) is 0 Å². The van der Waals surface area contributed by atoms with E-state index >= 15 is 0 Å². The Kier molecular flexibility index (Phi) is 5.56. The topological polar surface area (TPSA) is 59.0 Å². The number of carbonyl (C=O) groups excluding carboxylic acids is 1. The third-order valence-corrected chi connectivity index (χ3v) is 4.28. The number of unbranched alkanes of at least 4 members (excludes halogenated alkanes) is 1. The van der Waals surface area contributed by atoms with Crippen LogP contribution < -0.4 is 9.64 Å². The van der Waals surface area contributed by atoms with E-state index in [1.807, 2.05) is 54.6 Å². The molecule has 0 aliphatic carbocycles. The standard InChI is InChI=1S/C20H23NO4/c1-2-3-13-24-17-11-9-15(10-12-17)19-18(14-22)25-20(23)21(19)16-7-5-4-6-8-16/h4-12,18-19,22H,2-3,13-14H2,1H3. The molecule has 132 valence electrons. The van der Waals surface area contributed by atoms with Crippen LogP contribution in [0.4, 0.5) is 10.5 Å². The van der Waals surface area contributed by atoms with E-state index in [-0.39, 0.29) is 12.6 Å². The summed E-state index contributed by atoms with van der Waals surface area (Å²) in [6.07, 6.45) is 1.06. The quantitative estimate of drug-likeness (QED) is 0.775. The van der Waals surface area contributed by atoms with E-state index in [0.29, 0.717) is 6.61 Å². The summed E-state index contributed by atoms with van der Waals surface area (Å²) < 4.78 is 11.0. The smallest absolute Gasteiger partial charge is 0.415 e. The molecule has 25 heavy (non-hydrogen) atoms. The van der Waals surface area contributed by atoms with Gasteiger partial charge in [-0.3, -0.25) is 4.90 Å². The molecule has 2 aromatic carbocycles. The second-order valence-electron chi connectivity index (χ2n) is 6.03. The molecule has 0 spiro atoms. The predicted molar refractivity (Wildman–Crippen MR) is 95.9 cm³/mol. The summed E-state index contributed by atoms with van der Waals surface area (Å²) in [5.74, 6) is 0.800. The fourth-order valence-electron chi connectivity index (χ4n) is 2.98. The summed E-state index contributed by atoms with van der Waals surface area (Å²) >= 11 is 0. The number of carbonyl (C=O) groups is 1. The second-order valence-corrected chi connectivity index (χ2v) is 6.03. The van der Waals surface area contributed by atoms with Crippen molar-refractivity contribution < 1.29 is 19.4 Å². The highest BCUT2D eigenvalue weighted by atomic mass is 16.6. The molecule has 1 fully saturated rings. The van der Waals surface area contributed by atoms with Crippen molar-refractivity contribution in [2.45, 2.75) is 31.9 Å². The Labute approximate surface area is 147 Å². The van der Waals surface area contributed by atoms with Crippen LogP contribution in [0.2, 0.25) is 0 Å². The highest BCUT2D eigenvalue weighted by molar-refractivity contribution is 5.91. The first kappa shape index (κ1) is 17.3. The molecule has 1 N–H and O–H groups in total. The van der Waals surface area contributed by atoms with Crippen LogP contribution >= 0.6 is 0 Å². The molecule has 0 bridgehead atoms. The van der Waals surface area contributed by atoms with Crippen LogP contribution in [0.1, 0.15) is 31.4 Å². The largest absolute Gasteiger partial charge is 0.494 e. The van der Waals surface area contributed by atoms with Crippen LogP contribution in [-0.4, -0.2) is 30.5 Å². The van der Waals surface area contributed by atoms with Crippen LogP contribution in [0.15, 0.2) is 54.6 Å². The van der Waals surface area contributed by atoms with E-state index in [2.05, 4.69) is 6.92 Å². The molecule has 1 aliphatic heterocycles. The van der Waals surface area contributed by atoms with Gasteiger partial charge >= 0.3 is 6.09 Å². The highest BCUT2D eigenvalue weighted by Crippen LogP contribution is 2.37. The minimum absolute atomic E-state index is 0.228. The molecule has 0 radical (unpaired) electrons. The summed E-state index contributed by atoms with van der Waals surface area (Å²) in [5, 5.41) is 9.65. The fourth-order valence-corrected chi connectivity index (χ4v) is 2.98. The number of cyclic esters (lactones) is 1. The lowest BCUT2D eigenvalue weighted by Gasteiger charge is -2.24. The van der Waals surface area contributed by atoms with Gasteiger partial charge in [-0.15, -0.1) is 0 Å². The zero-order chi connectivity index (χ0) is 17.6. The first-order valence-electron chi connectivity index (χ1n) is 8.63. The van der Waals surface area contributed by atoms with E-state index in [0.717, 1.165) is 29.8 Å². The Hall–Kier alpha value is -2.53. The predicted octanol–water partition coefficient (Wildman–Crippen LogP) is 3.92. The van der Waals surface area contributed by atoms with E-state index in [1.54, 1.807) is 4.90 Å². The lowest BCUT2D eigenvalue weighted by molar-refractivity contribution is 0.0829. The van der Waals surface area contributed by atoms with Gasteiger partial charge in [0.05, 0.1) is 13.2 Å². The van der Waals surface area contributed by atoms with E-state index in [1.165, 1.54) is 0 Å². The molecule has 1 amide bonds. The Morgan fingerprint density at radius 1 is 1.12 bits per heavy atom. The summed E-state index contributed by atoms with van der Waals surface area (Å²) in [5.41, 5.74) is 1.65. The Morgan fingerprint density at radius 3 is 2.48 bits per heavy atom. The molecule has 2 aromatic rings. The van der Waals surface area contributed by atoms with Crippen LogP contribution in [0.25, 0.3) is 0 Å². The van der Waals surface area contributed by atoms with Crippen LogP contribution in [-0.2, 0) is 4.74 Å². The van der Waals surface area contributed by atoms with Gasteiger partial charge in [-0.2, -0.15) is 0 Å². The van der Waals surface area contributed by atoms with E-state index in [9.17, 15) is 9.90 Å². The van der Waals surface area contributed by atoms with Gasteiger partial charge in [0.2, 0.25) is 0 Å². The fraction of sp³-hybridized carbons (Fsp3) is 0.350. The number of hydrogen-bond acceptors (Lipinski definition) is 4. The van der Waals surface area contributed by atoms with Gasteiger partial charge in [0, 0.05) is 5.69 Å². The molecule has 5 nitrogen and oxygen atoms in total. The van der Waals surface area contributed by atoms with Crippen molar-refractivity contribution in [3.63, 3.8) is 0 Å². The van der Waals surface area contributed by atoms with Crippen molar-refractivity contribution in [1.82, 2.24) is 0 Å². The lowest BCUT2D eigenvalue weighted by atomic mass is 10.0. The van der Waals surface area contributed by atoms with Gasteiger partial charge < -0.3 is 14.6 Å². The minimum Gasteiger partial charge on any atom is -0.494 e. The number of amides is 1. The number of rotatable bonds is 7. The summed E-state index contributed by atoms with van der Waals surface area (Å²) in [6, 6.07) is 16.6. The average molecular weight is 341 g/mol. The number of benzene rings is 2. The third-order valence-electron chi connectivity index (χ3n) is 4.28. The van der Waals surface area contributed by atoms with Gasteiger partial charge in [0.15, 0.2) is 6.10 Å². The molecule has 1 saturated heterocycles. The maximum atomic E-state index is 12.3. The number of nitrogens with zero attached hydrogens (tertiary/aromatic N) is 1. The Balaban J connectivity index is 1.85. The molecular weight excluding hydrogens is 318 g/mol. The number of anilines is 1. The Morgan fingerprint density at radius 2 is 1.84 bits per heavy atom. The molecule has 3 rings (SSSR count). The van der Waals surface area contributed by atoms with Crippen molar-refractivity contribution in [2.24, 2.45) is 0 Å². The number of hydrogen-bond donors (Lipinski definition) is 1. The van der Waals surface area contributed by atoms with Crippen molar-refractivity contribution in [2.75, 3.05) is 18.1 Å². The number of ether oxygens (including phenoxy) is 2. The van der Waals surface area contributed by atoms with Gasteiger partial charge in [0.1, 0.15) is 11.8 Å². The highest BCUT2D eigenvalue weighted by Gasteiger charge is 2.43. The van der Waals surface area contributed by atoms with Crippen molar-refractivity contribution >= 4 is 11.8 Å².